The predicted molar refractivity (Wildman–Crippen MR) is 112 cm³/mol. The Morgan fingerprint density at radius 3 is 2.65 bits per heavy atom. The normalized spacial score (nSPS) is 11.8. The number of anilines is 1. The van der Waals surface area contributed by atoms with E-state index in [2.05, 4.69) is 34.8 Å². The van der Waals surface area contributed by atoms with Gasteiger partial charge < -0.3 is 10.6 Å². The first-order valence-electron chi connectivity index (χ1n) is 8.10. The number of nitrogens with zero attached hydrogens (tertiary/aromatic N) is 2. The molecule has 3 aromatic rings. The Balaban J connectivity index is 1.57. The van der Waals surface area contributed by atoms with Crippen molar-refractivity contribution in [1.82, 2.24) is 15.1 Å². The summed E-state index contributed by atoms with van der Waals surface area (Å²) in [6, 6.07) is 15.8. The lowest BCUT2D eigenvalue weighted by molar-refractivity contribution is 0.687. The van der Waals surface area contributed by atoms with Crippen molar-refractivity contribution >= 4 is 46.2 Å². The monoisotopic (exact) mass is 404 g/mol. The molecule has 7 heteroatoms. The van der Waals surface area contributed by atoms with Crippen LogP contribution in [0.2, 0.25) is 10.0 Å². The van der Waals surface area contributed by atoms with Gasteiger partial charge in [-0.1, -0.05) is 59.6 Å². The number of nitrogens with one attached hydrogen (secondary N) is 2. The highest BCUT2D eigenvalue weighted by Gasteiger charge is 2.08. The molecule has 134 valence electrons. The molecule has 0 aliphatic heterocycles. The topological polar surface area (TPSA) is 41.9 Å². The van der Waals surface area contributed by atoms with E-state index in [1.165, 1.54) is 5.56 Å². The van der Waals surface area contributed by atoms with E-state index >= 15 is 0 Å². The minimum absolute atomic E-state index is 0.113. The molecule has 0 spiro atoms. The smallest absolute Gasteiger partial charge is 0.171 e. The van der Waals surface area contributed by atoms with E-state index in [1.54, 1.807) is 12.3 Å². The number of benzene rings is 2. The van der Waals surface area contributed by atoms with Crippen LogP contribution in [0.1, 0.15) is 24.1 Å². The Morgan fingerprint density at radius 2 is 1.92 bits per heavy atom. The van der Waals surface area contributed by atoms with Crippen molar-refractivity contribution < 1.29 is 0 Å². The third kappa shape index (κ3) is 4.97. The Kier molecular flexibility index (Phi) is 6.14. The van der Waals surface area contributed by atoms with E-state index in [-0.39, 0.29) is 6.04 Å². The van der Waals surface area contributed by atoms with Crippen LogP contribution in [0.15, 0.2) is 60.9 Å². The summed E-state index contributed by atoms with van der Waals surface area (Å²) in [5.41, 5.74) is 3.02. The van der Waals surface area contributed by atoms with Gasteiger partial charge >= 0.3 is 0 Å². The second-order valence-electron chi connectivity index (χ2n) is 5.91. The van der Waals surface area contributed by atoms with Crippen LogP contribution in [0, 0.1) is 0 Å². The summed E-state index contributed by atoms with van der Waals surface area (Å²) in [5, 5.41) is 12.4. The fourth-order valence-electron chi connectivity index (χ4n) is 2.53. The number of halogens is 2. The quantitative estimate of drug-likeness (QED) is 0.567. The zero-order chi connectivity index (χ0) is 18.5. The molecule has 1 heterocycles. The van der Waals surface area contributed by atoms with Crippen LogP contribution in [-0.4, -0.2) is 14.9 Å². The van der Waals surface area contributed by atoms with E-state index in [9.17, 15) is 0 Å². The maximum atomic E-state index is 6.05. The maximum absolute atomic E-state index is 6.05. The maximum Gasteiger partial charge on any atom is 0.171 e. The van der Waals surface area contributed by atoms with Crippen LogP contribution >= 0.6 is 35.4 Å². The van der Waals surface area contributed by atoms with Gasteiger partial charge in [-0.25, -0.2) is 0 Å². The summed E-state index contributed by atoms with van der Waals surface area (Å²) in [7, 11) is 0. The van der Waals surface area contributed by atoms with Crippen molar-refractivity contribution in [2.75, 3.05) is 5.32 Å². The van der Waals surface area contributed by atoms with Crippen LogP contribution < -0.4 is 10.6 Å². The SMILES string of the molecule is CC(NC(=S)Nc1cnn(Cc2ccc(Cl)c(Cl)c2)c1)c1ccccc1. The molecule has 0 aliphatic carbocycles. The van der Waals surface area contributed by atoms with Gasteiger partial charge in [0.25, 0.3) is 0 Å². The van der Waals surface area contributed by atoms with Crippen molar-refractivity contribution in [3.05, 3.63) is 82.1 Å². The van der Waals surface area contributed by atoms with Crippen molar-refractivity contribution in [3.8, 4) is 0 Å². The molecule has 1 aromatic heterocycles. The zero-order valence-corrected chi connectivity index (χ0v) is 16.4. The fraction of sp³-hybridized carbons (Fsp3) is 0.158. The number of hydrogen-bond donors (Lipinski definition) is 2. The number of aromatic nitrogens is 2. The third-order valence-electron chi connectivity index (χ3n) is 3.87. The van der Waals surface area contributed by atoms with Crippen molar-refractivity contribution in [2.45, 2.75) is 19.5 Å². The molecule has 26 heavy (non-hydrogen) atoms. The van der Waals surface area contributed by atoms with Gasteiger partial charge in [-0.05, 0) is 42.4 Å². The molecule has 0 bridgehead atoms. The Bertz CT molecular complexity index is 896. The van der Waals surface area contributed by atoms with E-state index in [1.807, 2.05) is 41.2 Å². The summed E-state index contributed by atoms with van der Waals surface area (Å²) in [6.07, 6.45) is 3.63. The molecule has 3 rings (SSSR count). The molecule has 0 radical (unpaired) electrons. The summed E-state index contributed by atoms with van der Waals surface area (Å²) in [5.74, 6) is 0. The second kappa shape index (κ2) is 8.54. The molecule has 0 fully saturated rings. The predicted octanol–water partition coefficient (Wildman–Crippen LogP) is 5.29. The molecule has 0 amide bonds. The minimum Gasteiger partial charge on any atom is -0.356 e. The largest absolute Gasteiger partial charge is 0.356 e. The standard InChI is InChI=1S/C19H18Cl2N4S/c1-13(15-5-3-2-4-6-15)23-19(26)24-16-10-22-25(12-16)11-14-7-8-17(20)18(21)9-14/h2-10,12-13H,11H2,1H3,(H2,23,24,26). The lowest BCUT2D eigenvalue weighted by Crippen LogP contribution is -2.30. The molecule has 1 unspecified atom stereocenters. The lowest BCUT2D eigenvalue weighted by Gasteiger charge is -2.16. The van der Waals surface area contributed by atoms with Crippen LogP contribution in [-0.2, 0) is 6.54 Å². The highest BCUT2D eigenvalue weighted by molar-refractivity contribution is 7.80. The molecular weight excluding hydrogens is 387 g/mol. The van der Waals surface area contributed by atoms with E-state index < -0.39 is 0 Å². The number of hydrogen-bond acceptors (Lipinski definition) is 2. The molecule has 4 nitrogen and oxygen atoms in total. The van der Waals surface area contributed by atoms with Gasteiger partial charge in [-0.3, -0.25) is 4.68 Å². The van der Waals surface area contributed by atoms with E-state index in [4.69, 9.17) is 35.4 Å². The number of thiocarbonyl (C=S) groups is 1. The molecular formula is C19H18Cl2N4S. The highest BCUT2D eigenvalue weighted by atomic mass is 35.5. The Hall–Kier alpha value is -2.08. The zero-order valence-electron chi connectivity index (χ0n) is 14.1. The van der Waals surface area contributed by atoms with Gasteiger partial charge in [0.1, 0.15) is 0 Å². The summed E-state index contributed by atoms with van der Waals surface area (Å²) < 4.78 is 1.81. The summed E-state index contributed by atoms with van der Waals surface area (Å²) in [4.78, 5) is 0. The van der Waals surface area contributed by atoms with Gasteiger partial charge in [0.2, 0.25) is 0 Å². The number of rotatable bonds is 5. The van der Waals surface area contributed by atoms with E-state index in [0.717, 1.165) is 11.3 Å². The van der Waals surface area contributed by atoms with Crippen LogP contribution in [0.5, 0.6) is 0 Å². The fourth-order valence-corrected chi connectivity index (χ4v) is 3.14. The van der Waals surface area contributed by atoms with Crippen molar-refractivity contribution in [3.63, 3.8) is 0 Å². The van der Waals surface area contributed by atoms with Gasteiger partial charge in [-0.2, -0.15) is 5.10 Å². The average molecular weight is 405 g/mol. The first-order chi connectivity index (χ1) is 12.5. The van der Waals surface area contributed by atoms with Crippen molar-refractivity contribution in [2.24, 2.45) is 0 Å². The lowest BCUT2D eigenvalue weighted by atomic mass is 10.1. The van der Waals surface area contributed by atoms with Gasteiger partial charge in [0, 0.05) is 6.20 Å². The summed E-state index contributed by atoms with van der Waals surface area (Å²) >= 11 is 17.4. The molecule has 1 atom stereocenters. The molecule has 0 saturated heterocycles. The van der Waals surface area contributed by atoms with Crippen LogP contribution in [0.25, 0.3) is 0 Å². The Labute approximate surface area is 168 Å². The van der Waals surface area contributed by atoms with Gasteiger partial charge in [0.05, 0.1) is 34.5 Å². The molecule has 2 N–H and O–H groups in total. The third-order valence-corrected chi connectivity index (χ3v) is 4.83. The van der Waals surface area contributed by atoms with Crippen molar-refractivity contribution in [1.29, 1.82) is 0 Å². The van der Waals surface area contributed by atoms with Crippen LogP contribution in [0.3, 0.4) is 0 Å². The minimum atomic E-state index is 0.113. The Morgan fingerprint density at radius 1 is 1.15 bits per heavy atom. The first kappa shape index (κ1) is 18.7. The van der Waals surface area contributed by atoms with Crippen LogP contribution in [0.4, 0.5) is 5.69 Å². The molecule has 0 aliphatic rings. The van der Waals surface area contributed by atoms with Gasteiger partial charge in [0.15, 0.2) is 5.11 Å². The molecule has 2 aromatic carbocycles. The second-order valence-corrected chi connectivity index (χ2v) is 7.13. The van der Waals surface area contributed by atoms with E-state index in [0.29, 0.717) is 21.7 Å². The summed E-state index contributed by atoms with van der Waals surface area (Å²) in [6.45, 7) is 2.66. The van der Waals surface area contributed by atoms with Gasteiger partial charge in [-0.15, -0.1) is 0 Å². The highest BCUT2D eigenvalue weighted by Crippen LogP contribution is 2.23. The average Bonchev–Trinajstić information content (AvgIpc) is 3.05. The molecule has 0 saturated carbocycles. The first-order valence-corrected chi connectivity index (χ1v) is 9.26.